The van der Waals surface area contributed by atoms with E-state index >= 15 is 0 Å². The molecule has 0 aliphatic heterocycles. The molecule has 0 N–H and O–H groups in total. The second kappa shape index (κ2) is 5.69. The monoisotopic (exact) mass is 360 g/mol. The largest absolute Gasteiger partial charge is 0.298 e. The van der Waals surface area contributed by atoms with Gasteiger partial charge in [0, 0.05) is 10.8 Å². The third-order valence-electron chi connectivity index (χ3n) is 10.1. The summed E-state index contributed by atoms with van der Waals surface area (Å²) in [5.74, 6) is 3.08. The standard InChI is InChI=1S/C23H40OSi/c1-15(2)25(16(3)4,17(5)6)14-18-13-22-11-7-9-19(22)20-10-8-12-23(18,20)21(22)24/h15-20H,7-14H2,1-6H3/t18-,19-,20-,22+,23-/m1/s1. The summed E-state index contributed by atoms with van der Waals surface area (Å²) in [6, 6.07) is 1.44. The van der Waals surface area contributed by atoms with Gasteiger partial charge in [0.25, 0.3) is 0 Å². The van der Waals surface area contributed by atoms with Crippen molar-refractivity contribution in [3.05, 3.63) is 0 Å². The topological polar surface area (TPSA) is 17.1 Å². The highest BCUT2D eigenvalue weighted by Crippen LogP contribution is 2.77. The van der Waals surface area contributed by atoms with E-state index in [1.165, 1.54) is 51.0 Å². The summed E-state index contributed by atoms with van der Waals surface area (Å²) in [6.07, 6.45) is 9.17. The molecule has 4 fully saturated rings. The van der Waals surface area contributed by atoms with Gasteiger partial charge >= 0.3 is 0 Å². The molecule has 4 rings (SSSR count). The quantitative estimate of drug-likeness (QED) is 0.490. The number of fused-ring (bicyclic) bond motifs is 1. The predicted octanol–water partition coefficient (Wildman–Crippen LogP) is 6.84. The molecule has 2 heteroatoms. The smallest absolute Gasteiger partial charge is 0.146 e. The van der Waals surface area contributed by atoms with Crippen LogP contribution < -0.4 is 0 Å². The van der Waals surface area contributed by atoms with Crippen LogP contribution in [-0.2, 0) is 4.79 Å². The van der Waals surface area contributed by atoms with Crippen molar-refractivity contribution in [2.24, 2.45) is 28.6 Å². The Bertz CT molecular complexity index is 543. The Morgan fingerprint density at radius 3 is 2.08 bits per heavy atom. The lowest BCUT2D eigenvalue weighted by Gasteiger charge is -2.49. The molecule has 4 aliphatic carbocycles. The fraction of sp³-hybridized carbons (Fsp3) is 0.957. The zero-order valence-corrected chi connectivity index (χ0v) is 18.5. The molecule has 0 amide bonds. The SMILES string of the molecule is CC(C)[Si](C[C@H]1C[C@@]23CCC[C@@H]2[C@H]2CCC[C@@]12C3=O)(C(C)C)C(C)C. The van der Waals surface area contributed by atoms with Crippen LogP contribution in [0.25, 0.3) is 0 Å². The molecule has 0 aromatic rings. The molecule has 2 spiro atoms. The van der Waals surface area contributed by atoms with Crippen LogP contribution in [0, 0.1) is 28.6 Å². The van der Waals surface area contributed by atoms with Gasteiger partial charge in [0.1, 0.15) is 5.78 Å². The van der Waals surface area contributed by atoms with Crippen molar-refractivity contribution in [3.8, 4) is 0 Å². The first-order valence-electron chi connectivity index (χ1n) is 11.3. The maximum atomic E-state index is 13.8. The third kappa shape index (κ3) is 1.99. The zero-order valence-electron chi connectivity index (χ0n) is 17.5. The van der Waals surface area contributed by atoms with E-state index < -0.39 is 8.07 Å². The van der Waals surface area contributed by atoms with Crippen molar-refractivity contribution >= 4 is 13.9 Å². The van der Waals surface area contributed by atoms with Gasteiger partial charge in [0.2, 0.25) is 0 Å². The van der Waals surface area contributed by atoms with Crippen LogP contribution in [-0.4, -0.2) is 13.9 Å². The van der Waals surface area contributed by atoms with Crippen LogP contribution in [0.2, 0.25) is 22.7 Å². The number of hydrogen-bond donors (Lipinski definition) is 0. The lowest BCUT2D eigenvalue weighted by atomic mass is 9.64. The zero-order chi connectivity index (χ0) is 18.2. The van der Waals surface area contributed by atoms with E-state index in [0.29, 0.717) is 0 Å². The van der Waals surface area contributed by atoms with Crippen LogP contribution in [0.4, 0.5) is 0 Å². The second-order valence-electron chi connectivity index (χ2n) is 11.2. The van der Waals surface area contributed by atoms with E-state index in [4.69, 9.17) is 0 Å². The molecule has 0 saturated heterocycles. The van der Waals surface area contributed by atoms with Gasteiger partial charge in [-0.3, -0.25) is 4.79 Å². The van der Waals surface area contributed by atoms with Crippen molar-refractivity contribution in [1.82, 2.24) is 0 Å². The molecule has 0 aromatic carbocycles. The van der Waals surface area contributed by atoms with Gasteiger partial charge in [-0.2, -0.15) is 0 Å². The molecule has 25 heavy (non-hydrogen) atoms. The highest BCUT2D eigenvalue weighted by molar-refractivity contribution is 6.83. The fourth-order valence-corrected chi connectivity index (χ4v) is 16.2. The molecule has 0 unspecified atom stereocenters. The van der Waals surface area contributed by atoms with Gasteiger partial charge in [-0.25, -0.2) is 0 Å². The van der Waals surface area contributed by atoms with Crippen LogP contribution in [0.3, 0.4) is 0 Å². The number of hydrogen-bond acceptors (Lipinski definition) is 1. The Labute approximate surface area is 156 Å². The second-order valence-corrected chi connectivity index (χ2v) is 17.3. The Kier molecular flexibility index (Phi) is 4.16. The van der Waals surface area contributed by atoms with E-state index in [1.54, 1.807) is 0 Å². The minimum absolute atomic E-state index is 0.141. The highest BCUT2D eigenvalue weighted by atomic mass is 28.3. The Hall–Kier alpha value is -0.113. The number of carbonyl (C=O) groups excluding carboxylic acids is 1. The number of rotatable bonds is 5. The van der Waals surface area contributed by atoms with Crippen LogP contribution in [0.1, 0.15) is 86.5 Å². The van der Waals surface area contributed by atoms with E-state index in [9.17, 15) is 4.79 Å². The molecule has 4 aliphatic rings. The molecule has 4 saturated carbocycles. The first-order valence-corrected chi connectivity index (χ1v) is 13.7. The van der Waals surface area contributed by atoms with Crippen molar-refractivity contribution in [2.75, 3.05) is 0 Å². The van der Waals surface area contributed by atoms with Crippen LogP contribution >= 0.6 is 0 Å². The van der Waals surface area contributed by atoms with Gasteiger partial charge < -0.3 is 0 Å². The average Bonchev–Trinajstić information content (AvgIpc) is 3.22. The molecule has 5 atom stereocenters. The summed E-state index contributed by atoms with van der Waals surface area (Å²) in [5.41, 5.74) is 2.78. The minimum Gasteiger partial charge on any atom is -0.298 e. The normalized spacial score (nSPS) is 42.9. The summed E-state index contributed by atoms with van der Waals surface area (Å²) in [7, 11) is -1.42. The summed E-state index contributed by atoms with van der Waals surface area (Å²) in [4.78, 5) is 13.8. The molecule has 0 radical (unpaired) electrons. The van der Waals surface area contributed by atoms with Gasteiger partial charge in [-0.05, 0) is 49.9 Å². The molecule has 142 valence electrons. The highest BCUT2D eigenvalue weighted by Gasteiger charge is 2.77. The van der Waals surface area contributed by atoms with E-state index in [1.807, 2.05) is 0 Å². The molecule has 0 heterocycles. The Morgan fingerprint density at radius 2 is 1.48 bits per heavy atom. The minimum atomic E-state index is -1.42. The van der Waals surface area contributed by atoms with Gasteiger partial charge in [-0.15, -0.1) is 0 Å². The molecule has 0 aromatic heterocycles. The summed E-state index contributed by atoms with van der Waals surface area (Å²) in [6.45, 7) is 15.0. The number of Topliss-reactive ketones (excluding diaryl/α,β-unsaturated/α-hetero) is 1. The van der Waals surface area contributed by atoms with Crippen LogP contribution in [0.15, 0.2) is 0 Å². The first kappa shape index (κ1) is 18.3. The van der Waals surface area contributed by atoms with Crippen molar-refractivity contribution in [3.63, 3.8) is 0 Å². The summed E-state index contributed by atoms with van der Waals surface area (Å²) >= 11 is 0. The van der Waals surface area contributed by atoms with Gasteiger partial charge in [0.05, 0.1) is 8.07 Å². The van der Waals surface area contributed by atoms with Crippen molar-refractivity contribution in [2.45, 2.75) is 109 Å². The molecular weight excluding hydrogens is 320 g/mol. The molecule has 2 bridgehead atoms. The number of carbonyl (C=O) groups is 1. The van der Waals surface area contributed by atoms with E-state index in [-0.39, 0.29) is 10.8 Å². The van der Waals surface area contributed by atoms with Crippen molar-refractivity contribution < 1.29 is 4.79 Å². The first-order chi connectivity index (χ1) is 11.7. The fourth-order valence-electron chi connectivity index (χ4n) is 9.38. The Morgan fingerprint density at radius 1 is 0.920 bits per heavy atom. The maximum absolute atomic E-state index is 13.8. The summed E-state index contributed by atoms with van der Waals surface area (Å²) < 4.78 is 0. The van der Waals surface area contributed by atoms with Gasteiger partial charge in [-0.1, -0.05) is 77.1 Å². The number of ketones is 1. The average molecular weight is 361 g/mol. The Balaban J connectivity index is 1.74. The maximum Gasteiger partial charge on any atom is 0.146 e. The van der Waals surface area contributed by atoms with E-state index in [0.717, 1.165) is 40.2 Å². The summed E-state index contributed by atoms with van der Waals surface area (Å²) in [5, 5.41) is 0. The van der Waals surface area contributed by atoms with E-state index in [2.05, 4.69) is 41.5 Å². The van der Waals surface area contributed by atoms with Crippen LogP contribution in [0.5, 0.6) is 0 Å². The lowest BCUT2D eigenvalue weighted by Crippen LogP contribution is -2.49. The van der Waals surface area contributed by atoms with Gasteiger partial charge in [0.15, 0.2) is 0 Å². The predicted molar refractivity (Wildman–Crippen MR) is 109 cm³/mol. The lowest BCUT2D eigenvalue weighted by molar-refractivity contribution is -0.130. The molecular formula is C23H40OSi. The van der Waals surface area contributed by atoms with Crippen molar-refractivity contribution in [1.29, 1.82) is 0 Å². The molecule has 1 nitrogen and oxygen atoms in total. The third-order valence-corrected chi connectivity index (χ3v) is 17.8.